The fourth-order valence-electron chi connectivity index (χ4n) is 7.28. The second-order valence-electron chi connectivity index (χ2n) is 10.1. The number of nitrogens with two attached hydrogens (primary N) is 1. The smallest absolute Gasteiger partial charge is 0.251 e. The summed E-state index contributed by atoms with van der Waals surface area (Å²) in [4.78, 5) is 27.0. The van der Waals surface area contributed by atoms with Gasteiger partial charge in [0.2, 0.25) is 5.91 Å². The Balaban J connectivity index is 1.41. The van der Waals surface area contributed by atoms with Crippen LogP contribution in [0.2, 0.25) is 0 Å². The monoisotopic (exact) mass is 400 g/mol. The van der Waals surface area contributed by atoms with Crippen LogP contribution < -0.4 is 11.1 Å². The molecule has 2 amide bonds. The van der Waals surface area contributed by atoms with Gasteiger partial charge in [0.1, 0.15) is 5.00 Å². The Labute approximate surface area is 171 Å². The predicted molar refractivity (Wildman–Crippen MR) is 112 cm³/mol. The molecule has 28 heavy (non-hydrogen) atoms. The summed E-state index contributed by atoms with van der Waals surface area (Å²) < 4.78 is 0. The molecule has 3 N–H and O–H groups in total. The lowest BCUT2D eigenvalue weighted by Crippen LogP contribution is -2.51. The largest absolute Gasteiger partial charge is 0.365 e. The predicted octanol–water partition coefficient (Wildman–Crippen LogP) is 4.91. The Morgan fingerprint density at radius 1 is 1.14 bits per heavy atom. The lowest BCUT2D eigenvalue weighted by molar-refractivity contribution is -0.140. The topological polar surface area (TPSA) is 72.2 Å². The third-order valence-electron chi connectivity index (χ3n) is 8.06. The van der Waals surface area contributed by atoms with Gasteiger partial charge in [0.15, 0.2) is 0 Å². The molecule has 0 unspecified atom stereocenters. The first kappa shape index (κ1) is 18.7. The third kappa shape index (κ3) is 3.01. The van der Waals surface area contributed by atoms with Crippen LogP contribution in [0.25, 0.3) is 0 Å². The molecule has 4 saturated carbocycles. The zero-order valence-corrected chi connectivity index (χ0v) is 17.7. The van der Waals surface area contributed by atoms with Gasteiger partial charge < -0.3 is 11.1 Å². The van der Waals surface area contributed by atoms with Crippen molar-refractivity contribution in [2.24, 2.45) is 34.8 Å². The van der Waals surface area contributed by atoms with Crippen LogP contribution in [0.1, 0.15) is 85.5 Å². The van der Waals surface area contributed by atoms with Crippen LogP contribution in [0.5, 0.6) is 0 Å². The number of anilines is 1. The molecule has 5 aliphatic carbocycles. The van der Waals surface area contributed by atoms with Crippen molar-refractivity contribution in [2.75, 3.05) is 5.32 Å². The molecular formula is C23H32N2O2S. The molecule has 0 aliphatic heterocycles. The molecule has 0 radical (unpaired) electrons. The van der Waals surface area contributed by atoms with Crippen molar-refractivity contribution in [3.05, 3.63) is 16.0 Å². The van der Waals surface area contributed by atoms with Crippen LogP contribution in [-0.4, -0.2) is 11.8 Å². The van der Waals surface area contributed by atoms with Gasteiger partial charge in [-0.1, -0.05) is 19.8 Å². The zero-order chi connectivity index (χ0) is 19.5. The molecule has 5 aliphatic rings. The van der Waals surface area contributed by atoms with Crippen molar-refractivity contribution in [3.8, 4) is 0 Å². The summed E-state index contributed by atoms with van der Waals surface area (Å²) in [6.07, 6.45) is 12.6. The molecule has 4 bridgehead atoms. The second-order valence-corrected chi connectivity index (χ2v) is 11.2. The van der Waals surface area contributed by atoms with Gasteiger partial charge in [0.25, 0.3) is 5.91 Å². The number of primary amides is 1. The van der Waals surface area contributed by atoms with E-state index >= 15 is 0 Å². The fourth-order valence-corrected chi connectivity index (χ4v) is 8.64. The van der Waals surface area contributed by atoms with E-state index in [9.17, 15) is 9.59 Å². The molecular weight excluding hydrogens is 368 g/mol. The number of rotatable bonds is 5. The number of hydrogen-bond acceptors (Lipinski definition) is 3. The Kier molecular flexibility index (Phi) is 4.57. The fraction of sp³-hybridized carbons (Fsp3) is 0.739. The first-order valence-electron chi connectivity index (χ1n) is 11.2. The summed E-state index contributed by atoms with van der Waals surface area (Å²) in [6, 6.07) is 0. The van der Waals surface area contributed by atoms with E-state index in [1.165, 1.54) is 37.0 Å². The van der Waals surface area contributed by atoms with E-state index in [1.807, 2.05) is 0 Å². The SMILES string of the molecule is CCC[C@H]1CCc2c(sc(NC(=O)C34CC5CC(CC(C5)C3)C4)c2C(N)=O)C1. The van der Waals surface area contributed by atoms with E-state index in [1.54, 1.807) is 11.3 Å². The summed E-state index contributed by atoms with van der Waals surface area (Å²) in [5.41, 5.74) is 7.30. The highest BCUT2D eigenvalue weighted by molar-refractivity contribution is 7.17. The molecule has 0 saturated heterocycles. The minimum Gasteiger partial charge on any atom is -0.365 e. The summed E-state index contributed by atoms with van der Waals surface area (Å²) in [6.45, 7) is 2.23. The average Bonchev–Trinajstić information content (AvgIpc) is 2.98. The molecule has 0 spiro atoms. The Hall–Kier alpha value is -1.36. The van der Waals surface area contributed by atoms with E-state index in [4.69, 9.17) is 5.73 Å². The zero-order valence-electron chi connectivity index (χ0n) is 16.9. The molecule has 1 aromatic rings. The average molecular weight is 401 g/mol. The van der Waals surface area contributed by atoms with Gasteiger partial charge in [0.05, 0.1) is 11.0 Å². The van der Waals surface area contributed by atoms with E-state index in [-0.39, 0.29) is 17.2 Å². The van der Waals surface area contributed by atoms with E-state index in [0.717, 1.165) is 66.8 Å². The molecule has 4 fully saturated rings. The number of fused-ring (bicyclic) bond motifs is 1. The molecule has 1 aromatic heterocycles. The number of hydrogen-bond donors (Lipinski definition) is 2. The van der Waals surface area contributed by atoms with Gasteiger partial charge in [0, 0.05) is 4.88 Å². The van der Waals surface area contributed by atoms with Crippen LogP contribution in [-0.2, 0) is 17.6 Å². The summed E-state index contributed by atoms with van der Waals surface area (Å²) in [7, 11) is 0. The van der Waals surface area contributed by atoms with E-state index in [0.29, 0.717) is 11.5 Å². The maximum Gasteiger partial charge on any atom is 0.251 e. The number of carbonyl (C=O) groups is 2. The third-order valence-corrected chi connectivity index (χ3v) is 9.23. The minimum absolute atomic E-state index is 0.165. The first-order chi connectivity index (χ1) is 13.5. The molecule has 1 atom stereocenters. The quantitative estimate of drug-likeness (QED) is 0.737. The van der Waals surface area contributed by atoms with Crippen molar-refractivity contribution in [1.82, 2.24) is 0 Å². The highest BCUT2D eigenvalue weighted by atomic mass is 32.1. The second kappa shape index (κ2) is 6.86. The summed E-state index contributed by atoms with van der Waals surface area (Å²) >= 11 is 1.62. The highest BCUT2D eigenvalue weighted by Crippen LogP contribution is 2.60. The van der Waals surface area contributed by atoms with Crippen molar-refractivity contribution in [3.63, 3.8) is 0 Å². The van der Waals surface area contributed by atoms with Crippen molar-refractivity contribution < 1.29 is 9.59 Å². The Bertz CT molecular complexity index is 776. The van der Waals surface area contributed by atoms with Crippen molar-refractivity contribution in [2.45, 2.75) is 77.6 Å². The van der Waals surface area contributed by atoms with Gasteiger partial charge >= 0.3 is 0 Å². The standard InChI is InChI=1S/C23H32N2O2S/c1-2-3-13-4-5-17-18(9-13)28-21(19(17)20(24)26)25-22(27)23-10-14-6-15(11-23)8-16(7-14)12-23/h13-16H,2-12H2,1H3,(H2,24,26)(H,25,27)/t13-,14?,15?,16?,23?/m0/s1. The first-order valence-corrected chi connectivity index (χ1v) is 12.0. The maximum atomic E-state index is 13.5. The molecule has 0 aromatic carbocycles. The van der Waals surface area contributed by atoms with Crippen LogP contribution in [0.15, 0.2) is 0 Å². The number of thiophene rings is 1. The van der Waals surface area contributed by atoms with Gasteiger partial charge in [-0.05, 0) is 87.0 Å². The Morgan fingerprint density at radius 3 is 2.36 bits per heavy atom. The van der Waals surface area contributed by atoms with Crippen LogP contribution in [0.3, 0.4) is 0 Å². The van der Waals surface area contributed by atoms with Gasteiger partial charge in [-0.3, -0.25) is 9.59 Å². The highest BCUT2D eigenvalue weighted by Gasteiger charge is 2.54. The minimum atomic E-state index is -0.382. The normalized spacial score (nSPS) is 35.6. The number of carbonyl (C=O) groups excluding carboxylic acids is 2. The molecule has 4 nitrogen and oxygen atoms in total. The van der Waals surface area contributed by atoms with Crippen molar-refractivity contribution in [1.29, 1.82) is 0 Å². The van der Waals surface area contributed by atoms with Crippen LogP contribution >= 0.6 is 11.3 Å². The molecule has 5 heteroatoms. The molecule has 152 valence electrons. The van der Waals surface area contributed by atoms with Gasteiger partial charge in [-0.2, -0.15) is 0 Å². The number of nitrogens with one attached hydrogen (secondary N) is 1. The number of amides is 2. The van der Waals surface area contributed by atoms with Gasteiger partial charge in [-0.15, -0.1) is 11.3 Å². The van der Waals surface area contributed by atoms with Gasteiger partial charge in [-0.25, -0.2) is 0 Å². The van der Waals surface area contributed by atoms with Crippen LogP contribution in [0, 0.1) is 29.1 Å². The van der Waals surface area contributed by atoms with E-state index in [2.05, 4.69) is 12.2 Å². The maximum absolute atomic E-state index is 13.5. The lowest BCUT2D eigenvalue weighted by atomic mass is 9.49. The van der Waals surface area contributed by atoms with Crippen LogP contribution in [0.4, 0.5) is 5.00 Å². The van der Waals surface area contributed by atoms with E-state index < -0.39 is 0 Å². The molecule has 6 rings (SSSR count). The summed E-state index contributed by atoms with van der Waals surface area (Å²) in [5, 5.41) is 3.96. The lowest BCUT2D eigenvalue weighted by Gasteiger charge is -2.55. The Morgan fingerprint density at radius 2 is 1.79 bits per heavy atom. The molecule has 1 heterocycles. The summed E-state index contributed by atoms with van der Waals surface area (Å²) in [5.74, 6) is 2.69. The van der Waals surface area contributed by atoms with Crippen molar-refractivity contribution >= 4 is 28.2 Å².